The number of benzene rings is 1. The smallest absolute Gasteiger partial charge is 0.246 e. The molecule has 0 aliphatic carbocycles. The van der Waals surface area contributed by atoms with Crippen molar-refractivity contribution in [3.05, 3.63) is 40.9 Å². The Balaban J connectivity index is 1.95. The number of halogens is 1. The number of amides is 1. The van der Waals surface area contributed by atoms with Crippen LogP contribution in [0.3, 0.4) is 0 Å². The number of likely N-dealkylation sites (N-methyl/N-ethyl adjacent to an activating group) is 1. The molecule has 1 N–H and O–H groups in total. The lowest BCUT2D eigenvalue weighted by Gasteiger charge is -2.22. The minimum Gasteiger partial charge on any atom is -0.338 e. The Morgan fingerprint density at radius 3 is 2.78 bits per heavy atom. The fourth-order valence-electron chi connectivity index (χ4n) is 2.01. The van der Waals surface area contributed by atoms with Crippen LogP contribution >= 0.6 is 11.6 Å². The first-order chi connectivity index (χ1) is 8.66. The van der Waals surface area contributed by atoms with Crippen molar-refractivity contribution in [2.75, 3.05) is 20.1 Å². The second-order valence-electron chi connectivity index (χ2n) is 4.48. The highest BCUT2D eigenvalue weighted by atomic mass is 35.5. The van der Waals surface area contributed by atoms with Crippen LogP contribution in [-0.4, -0.2) is 37.0 Å². The van der Waals surface area contributed by atoms with Crippen molar-refractivity contribution in [3.63, 3.8) is 0 Å². The van der Waals surface area contributed by atoms with Gasteiger partial charge < -0.3 is 10.2 Å². The van der Waals surface area contributed by atoms with Gasteiger partial charge in [-0.15, -0.1) is 0 Å². The summed E-state index contributed by atoms with van der Waals surface area (Å²) in [6, 6.07) is 7.73. The van der Waals surface area contributed by atoms with Crippen LogP contribution in [0.4, 0.5) is 0 Å². The summed E-state index contributed by atoms with van der Waals surface area (Å²) in [6.07, 6.45) is 4.45. The number of hydrogen-bond donors (Lipinski definition) is 1. The molecule has 0 spiro atoms. The van der Waals surface area contributed by atoms with Crippen molar-refractivity contribution in [3.8, 4) is 0 Å². The first-order valence-electron chi connectivity index (χ1n) is 6.08. The summed E-state index contributed by atoms with van der Waals surface area (Å²) in [5.41, 5.74) is 0.977. The van der Waals surface area contributed by atoms with Crippen molar-refractivity contribution in [2.45, 2.75) is 12.5 Å². The van der Waals surface area contributed by atoms with Crippen molar-refractivity contribution in [1.29, 1.82) is 0 Å². The van der Waals surface area contributed by atoms with Gasteiger partial charge in [-0.3, -0.25) is 4.79 Å². The standard InChI is InChI=1S/C14H17ClN2O/c1-17(13-8-9-16-10-13)14(18)7-4-11-2-5-12(15)6-3-11/h2-7,13,16H,8-10H2,1H3/b7-4+. The summed E-state index contributed by atoms with van der Waals surface area (Å²) < 4.78 is 0. The highest BCUT2D eigenvalue weighted by molar-refractivity contribution is 6.30. The Hall–Kier alpha value is -1.32. The Labute approximate surface area is 112 Å². The van der Waals surface area contributed by atoms with Crippen molar-refractivity contribution in [2.24, 2.45) is 0 Å². The third-order valence-corrected chi connectivity index (χ3v) is 3.47. The molecule has 1 amide bonds. The monoisotopic (exact) mass is 264 g/mol. The van der Waals surface area contributed by atoms with E-state index in [0.717, 1.165) is 25.1 Å². The number of rotatable bonds is 3. The molecule has 1 aromatic rings. The van der Waals surface area contributed by atoms with Gasteiger partial charge in [0.2, 0.25) is 5.91 Å². The average molecular weight is 265 g/mol. The summed E-state index contributed by atoms with van der Waals surface area (Å²) in [6.45, 7) is 1.88. The Morgan fingerprint density at radius 2 is 2.17 bits per heavy atom. The fourth-order valence-corrected chi connectivity index (χ4v) is 2.13. The molecule has 1 aliphatic heterocycles. The quantitative estimate of drug-likeness (QED) is 0.849. The molecule has 0 radical (unpaired) electrons. The largest absolute Gasteiger partial charge is 0.338 e. The van der Waals surface area contributed by atoms with Crippen LogP contribution in [0, 0.1) is 0 Å². The van der Waals surface area contributed by atoms with Crippen molar-refractivity contribution >= 4 is 23.6 Å². The molecule has 4 heteroatoms. The first-order valence-corrected chi connectivity index (χ1v) is 6.46. The maximum absolute atomic E-state index is 12.0. The lowest BCUT2D eigenvalue weighted by atomic mass is 10.2. The van der Waals surface area contributed by atoms with E-state index in [0.29, 0.717) is 11.1 Å². The Kier molecular flexibility index (Phi) is 4.39. The second kappa shape index (κ2) is 6.03. The van der Waals surface area contributed by atoms with Gasteiger partial charge in [-0.05, 0) is 36.7 Å². The highest BCUT2D eigenvalue weighted by Gasteiger charge is 2.21. The molecular formula is C14H17ClN2O. The van der Waals surface area contributed by atoms with Gasteiger partial charge in [0, 0.05) is 30.7 Å². The van der Waals surface area contributed by atoms with Crippen molar-refractivity contribution < 1.29 is 4.79 Å². The molecule has 18 heavy (non-hydrogen) atoms. The van der Waals surface area contributed by atoms with E-state index in [1.54, 1.807) is 11.0 Å². The van der Waals surface area contributed by atoms with E-state index in [4.69, 9.17) is 11.6 Å². The highest BCUT2D eigenvalue weighted by Crippen LogP contribution is 2.11. The van der Waals surface area contributed by atoms with E-state index in [2.05, 4.69) is 5.32 Å². The molecular weight excluding hydrogens is 248 g/mol. The van der Waals surface area contributed by atoms with Gasteiger partial charge in [0.25, 0.3) is 0 Å². The zero-order valence-electron chi connectivity index (χ0n) is 10.4. The van der Waals surface area contributed by atoms with Gasteiger partial charge in [0.05, 0.1) is 0 Å². The molecule has 0 aromatic heterocycles. The molecule has 1 fully saturated rings. The topological polar surface area (TPSA) is 32.3 Å². The summed E-state index contributed by atoms with van der Waals surface area (Å²) >= 11 is 5.80. The van der Waals surface area contributed by atoms with E-state index in [-0.39, 0.29) is 5.91 Å². The SMILES string of the molecule is CN(C(=O)/C=C/c1ccc(Cl)cc1)C1CCNC1. The summed E-state index contributed by atoms with van der Waals surface area (Å²) in [4.78, 5) is 13.8. The van der Waals surface area contributed by atoms with Crippen LogP contribution in [0.1, 0.15) is 12.0 Å². The molecule has 2 rings (SSSR count). The van der Waals surface area contributed by atoms with Gasteiger partial charge in [0.15, 0.2) is 0 Å². The van der Waals surface area contributed by atoms with Gasteiger partial charge in [-0.25, -0.2) is 0 Å². The number of nitrogens with one attached hydrogen (secondary N) is 1. The molecule has 0 saturated carbocycles. The van der Waals surface area contributed by atoms with E-state index in [9.17, 15) is 4.79 Å². The van der Waals surface area contributed by atoms with Crippen LogP contribution in [0.25, 0.3) is 6.08 Å². The molecule has 1 unspecified atom stereocenters. The van der Waals surface area contributed by atoms with Gasteiger partial charge >= 0.3 is 0 Å². The molecule has 1 atom stereocenters. The van der Waals surface area contributed by atoms with Crippen molar-refractivity contribution in [1.82, 2.24) is 10.2 Å². The Bertz CT molecular complexity index is 436. The van der Waals surface area contributed by atoms with Crippen LogP contribution in [0.15, 0.2) is 30.3 Å². The summed E-state index contributed by atoms with van der Waals surface area (Å²) in [5.74, 6) is 0.0404. The predicted octanol–water partition coefficient (Wildman–Crippen LogP) is 2.17. The number of carbonyl (C=O) groups excluding carboxylic acids is 1. The van der Waals surface area contributed by atoms with Crippen LogP contribution < -0.4 is 5.32 Å². The average Bonchev–Trinajstić information content (AvgIpc) is 2.90. The van der Waals surface area contributed by atoms with Gasteiger partial charge in [-0.2, -0.15) is 0 Å². The molecule has 96 valence electrons. The molecule has 1 aromatic carbocycles. The normalized spacial score (nSPS) is 19.3. The maximum Gasteiger partial charge on any atom is 0.246 e. The van der Waals surface area contributed by atoms with Crippen LogP contribution in [-0.2, 0) is 4.79 Å². The zero-order chi connectivity index (χ0) is 13.0. The lowest BCUT2D eigenvalue weighted by molar-refractivity contribution is -0.126. The lowest BCUT2D eigenvalue weighted by Crippen LogP contribution is -2.37. The molecule has 1 heterocycles. The predicted molar refractivity (Wildman–Crippen MR) is 74.5 cm³/mol. The fraction of sp³-hybridized carbons (Fsp3) is 0.357. The van der Waals surface area contributed by atoms with Crippen LogP contribution in [0.2, 0.25) is 5.02 Å². The minimum absolute atomic E-state index is 0.0404. The third-order valence-electron chi connectivity index (χ3n) is 3.22. The maximum atomic E-state index is 12.0. The van der Waals surface area contributed by atoms with Crippen LogP contribution in [0.5, 0.6) is 0 Å². The second-order valence-corrected chi connectivity index (χ2v) is 4.92. The van der Waals surface area contributed by atoms with E-state index >= 15 is 0 Å². The molecule has 0 bridgehead atoms. The minimum atomic E-state index is 0.0404. The summed E-state index contributed by atoms with van der Waals surface area (Å²) in [7, 11) is 1.85. The molecule has 1 saturated heterocycles. The first kappa shape index (κ1) is 13.1. The van der Waals surface area contributed by atoms with E-state index < -0.39 is 0 Å². The number of hydrogen-bond acceptors (Lipinski definition) is 2. The van der Waals surface area contributed by atoms with Gasteiger partial charge in [-0.1, -0.05) is 23.7 Å². The number of nitrogens with zero attached hydrogens (tertiary/aromatic N) is 1. The van der Waals surface area contributed by atoms with E-state index in [1.165, 1.54) is 0 Å². The van der Waals surface area contributed by atoms with Gasteiger partial charge in [0.1, 0.15) is 0 Å². The number of carbonyl (C=O) groups is 1. The third kappa shape index (κ3) is 3.34. The molecule has 3 nitrogen and oxygen atoms in total. The summed E-state index contributed by atoms with van der Waals surface area (Å²) in [5, 5.41) is 3.96. The van der Waals surface area contributed by atoms with E-state index in [1.807, 2.05) is 37.4 Å². The zero-order valence-corrected chi connectivity index (χ0v) is 11.2. The molecule has 1 aliphatic rings. The Morgan fingerprint density at radius 1 is 1.44 bits per heavy atom.